The molecule has 4 aromatic carbocycles. The first-order chi connectivity index (χ1) is 18.5. The minimum absolute atomic E-state index is 0.331. The van der Waals surface area contributed by atoms with Crippen molar-refractivity contribution in [1.82, 2.24) is 4.98 Å². The average Bonchev–Trinajstić information content (AvgIpc) is 2.96. The van der Waals surface area contributed by atoms with Gasteiger partial charge in [0.1, 0.15) is 11.5 Å². The Bertz CT molecular complexity index is 1660. The van der Waals surface area contributed by atoms with Crippen LogP contribution >= 0.6 is 0 Å². The zero-order valence-corrected chi connectivity index (χ0v) is 21.2. The molecule has 0 spiro atoms. The van der Waals surface area contributed by atoms with E-state index in [-0.39, 0.29) is 0 Å². The Hall–Kier alpha value is -4.91. The van der Waals surface area contributed by atoms with Crippen molar-refractivity contribution in [2.75, 3.05) is 19.5 Å². The second kappa shape index (κ2) is 10.6. The lowest BCUT2D eigenvalue weighted by Crippen LogP contribution is -2.30. The van der Waals surface area contributed by atoms with Gasteiger partial charge in [0, 0.05) is 10.9 Å². The number of anilines is 1. The van der Waals surface area contributed by atoms with E-state index in [1.165, 1.54) is 14.0 Å². The zero-order valence-electron chi connectivity index (χ0n) is 21.2. The van der Waals surface area contributed by atoms with Crippen molar-refractivity contribution in [3.8, 4) is 22.8 Å². The molecule has 1 N–H and O–H groups in total. The maximum Gasteiger partial charge on any atom is 0.339 e. The lowest BCUT2D eigenvalue weighted by atomic mass is 10.0. The molecular formula is C31H26N2O5. The Balaban J connectivity index is 1.45. The van der Waals surface area contributed by atoms with Crippen LogP contribution in [0, 0.1) is 0 Å². The van der Waals surface area contributed by atoms with E-state index in [1.54, 1.807) is 37.4 Å². The fourth-order valence-electron chi connectivity index (χ4n) is 4.26. The van der Waals surface area contributed by atoms with E-state index in [2.05, 4.69) is 5.32 Å². The number of carbonyl (C=O) groups is 2. The third-order valence-electron chi connectivity index (χ3n) is 6.30. The van der Waals surface area contributed by atoms with Gasteiger partial charge in [-0.25, -0.2) is 9.78 Å². The molecule has 190 valence electrons. The number of carbonyl (C=O) groups excluding carboxylic acids is 2. The normalized spacial score (nSPS) is 11.7. The second-order valence-electron chi connectivity index (χ2n) is 8.74. The number of methoxy groups -OCH3 is 2. The van der Waals surface area contributed by atoms with Gasteiger partial charge in [0.25, 0.3) is 5.91 Å². The standard InChI is InChI=1S/C31H26N2O5/c1-19(30(34)33-27-10-6-7-11-29(27)37-3)38-31(35)25-18-28(32-26-9-5-4-8-24(25)26)22-13-12-21-17-23(36-2)15-14-20(21)16-22/h4-19H,1-3H3,(H,33,34). The number of hydrogen-bond donors (Lipinski definition) is 1. The highest BCUT2D eigenvalue weighted by Crippen LogP contribution is 2.30. The summed E-state index contributed by atoms with van der Waals surface area (Å²) in [6.45, 7) is 1.53. The van der Waals surface area contributed by atoms with Crippen LogP contribution in [-0.4, -0.2) is 37.2 Å². The maximum atomic E-state index is 13.3. The van der Waals surface area contributed by atoms with E-state index < -0.39 is 18.0 Å². The van der Waals surface area contributed by atoms with Gasteiger partial charge in [0.05, 0.1) is 36.7 Å². The summed E-state index contributed by atoms with van der Waals surface area (Å²) < 4.78 is 16.2. The lowest BCUT2D eigenvalue weighted by Gasteiger charge is -2.16. The molecule has 7 heteroatoms. The molecule has 1 unspecified atom stereocenters. The van der Waals surface area contributed by atoms with Gasteiger partial charge in [0.15, 0.2) is 6.10 Å². The Labute approximate surface area is 220 Å². The Kier molecular flexibility index (Phi) is 6.91. The number of ether oxygens (including phenoxy) is 3. The smallest absolute Gasteiger partial charge is 0.339 e. The number of para-hydroxylation sites is 3. The number of nitrogens with one attached hydrogen (secondary N) is 1. The Morgan fingerprint density at radius 2 is 1.55 bits per heavy atom. The van der Waals surface area contributed by atoms with Crippen molar-refractivity contribution in [3.05, 3.63) is 96.6 Å². The minimum atomic E-state index is -1.04. The largest absolute Gasteiger partial charge is 0.497 e. The van der Waals surface area contributed by atoms with Crippen LogP contribution in [0.4, 0.5) is 5.69 Å². The predicted molar refractivity (Wildman–Crippen MR) is 148 cm³/mol. The molecule has 5 aromatic rings. The van der Waals surface area contributed by atoms with E-state index in [9.17, 15) is 9.59 Å². The zero-order chi connectivity index (χ0) is 26.6. The van der Waals surface area contributed by atoms with E-state index in [1.807, 2.05) is 60.7 Å². The first-order valence-electron chi connectivity index (χ1n) is 12.1. The van der Waals surface area contributed by atoms with Gasteiger partial charge in [-0.15, -0.1) is 0 Å². The molecule has 0 fully saturated rings. The second-order valence-corrected chi connectivity index (χ2v) is 8.74. The third kappa shape index (κ3) is 4.99. The van der Waals surface area contributed by atoms with E-state index in [0.29, 0.717) is 33.6 Å². The highest BCUT2D eigenvalue weighted by molar-refractivity contribution is 6.06. The van der Waals surface area contributed by atoms with Crippen molar-refractivity contribution in [3.63, 3.8) is 0 Å². The molecule has 1 aromatic heterocycles. The molecule has 0 radical (unpaired) electrons. The monoisotopic (exact) mass is 506 g/mol. The fourth-order valence-corrected chi connectivity index (χ4v) is 4.26. The summed E-state index contributed by atoms with van der Waals surface area (Å²) in [7, 11) is 3.16. The topological polar surface area (TPSA) is 86.8 Å². The summed E-state index contributed by atoms with van der Waals surface area (Å²) >= 11 is 0. The number of esters is 1. The summed E-state index contributed by atoms with van der Waals surface area (Å²) in [6, 6.07) is 27.9. The van der Waals surface area contributed by atoms with Crippen LogP contribution < -0.4 is 14.8 Å². The molecule has 38 heavy (non-hydrogen) atoms. The first-order valence-corrected chi connectivity index (χ1v) is 12.1. The molecule has 0 aliphatic carbocycles. The number of rotatable bonds is 7. The van der Waals surface area contributed by atoms with E-state index >= 15 is 0 Å². The SMILES string of the molecule is COc1ccc2cc(-c3cc(C(=O)OC(C)C(=O)Nc4ccccc4OC)c4ccccc4n3)ccc2c1. The number of fused-ring (bicyclic) bond motifs is 2. The van der Waals surface area contributed by atoms with Crippen LogP contribution in [0.1, 0.15) is 17.3 Å². The number of benzene rings is 4. The van der Waals surface area contributed by atoms with Crippen molar-refractivity contribution in [2.24, 2.45) is 0 Å². The molecule has 7 nitrogen and oxygen atoms in total. The number of amides is 1. The van der Waals surface area contributed by atoms with Gasteiger partial charge in [-0.2, -0.15) is 0 Å². The fraction of sp³-hybridized carbons (Fsp3) is 0.129. The van der Waals surface area contributed by atoms with E-state index in [4.69, 9.17) is 19.2 Å². The molecule has 1 amide bonds. The maximum absolute atomic E-state index is 13.3. The molecule has 0 aliphatic heterocycles. The lowest BCUT2D eigenvalue weighted by molar-refractivity contribution is -0.123. The van der Waals surface area contributed by atoms with Gasteiger partial charge < -0.3 is 19.5 Å². The van der Waals surface area contributed by atoms with Crippen molar-refractivity contribution >= 4 is 39.2 Å². The van der Waals surface area contributed by atoms with Crippen molar-refractivity contribution in [2.45, 2.75) is 13.0 Å². The van der Waals surface area contributed by atoms with Crippen molar-refractivity contribution in [1.29, 1.82) is 0 Å². The summed E-state index contributed by atoms with van der Waals surface area (Å²) in [5, 5.41) is 5.45. The quantitative estimate of drug-likeness (QED) is 0.262. The predicted octanol–water partition coefficient (Wildman–Crippen LogP) is 6.26. The van der Waals surface area contributed by atoms with Crippen LogP contribution in [-0.2, 0) is 9.53 Å². The van der Waals surface area contributed by atoms with Gasteiger partial charge >= 0.3 is 5.97 Å². The average molecular weight is 507 g/mol. The molecule has 0 bridgehead atoms. The number of aromatic nitrogens is 1. The molecule has 1 atom stereocenters. The molecule has 5 rings (SSSR count). The van der Waals surface area contributed by atoms with Gasteiger partial charge in [-0.3, -0.25) is 4.79 Å². The summed E-state index contributed by atoms with van der Waals surface area (Å²) in [5.74, 6) is 0.213. The molecule has 0 aliphatic rings. The minimum Gasteiger partial charge on any atom is -0.497 e. The van der Waals surface area contributed by atoms with Gasteiger partial charge in [-0.1, -0.05) is 48.5 Å². The van der Waals surface area contributed by atoms with E-state index in [0.717, 1.165) is 22.1 Å². The summed E-state index contributed by atoms with van der Waals surface area (Å²) in [5.41, 5.74) is 2.95. The molecular weight excluding hydrogens is 480 g/mol. The van der Waals surface area contributed by atoms with Crippen molar-refractivity contribution < 1.29 is 23.8 Å². The van der Waals surface area contributed by atoms with Crippen LogP contribution in [0.25, 0.3) is 32.9 Å². The highest BCUT2D eigenvalue weighted by Gasteiger charge is 2.22. The van der Waals surface area contributed by atoms with Crippen LogP contribution in [0.5, 0.6) is 11.5 Å². The summed E-state index contributed by atoms with van der Waals surface area (Å²) in [6.07, 6.45) is -1.04. The Morgan fingerprint density at radius 1 is 0.816 bits per heavy atom. The van der Waals surface area contributed by atoms with Gasteiger partial charge in [-0.05, 0) is 60.2 Å². The third-order valence-corrected chi connectivity index (χ3v) is 6.30. The number of pyridine rings is 1. The molecule has 1 heterocycles. The number of nitrogens with zero attached hydrogens (tertiary/aromatic N) is 1. The highest BCUT2D eigenvalue weighted by atomic mass is 16.5. The van der Waals surface area contributed by atoms with Crippen LogP contribution in [0.15, 0.2) is 91.0 Å². The van der Waals surface area contributed by atoms with Gasteiger partial charge in [0.2, 0.25) is 0 Å². The van der Waals surface area contributed by atoms with Crippen LogP contribution in [0.2, 0.25) is 0 Å². The first kappa shape index (κ1) is 24.8. The summed E-state index contributed by atoms with van der Waals surface area (Å²) in [4.78, 5) is 30.9. The molecule has 0 saturated heterocycles. The molecule has 0 saturated carbocycles. The van der Waals surface area contributed by atoms with Crippen LogP contribution in [0.3, 0.4) is 0 Å². The number of hydrogen-bond acceptors (Lipinski definition) is 6. The Morgan fingerprint density at radius 3 is 2.37 bits per heavy atom.